The van der Waals surface area contributed by atoms with Crippen LogP contribution in [0.4, 0.5) is 0 Å². The van der Waals surface area contributed by atoms with Gasteiger partial charge in [0.05, 0.1) is 17.7 Å². The van der Waals surface area contributed by atoms with Crippen molar-refractivity contribution in [3.8, 4) is 0 Å². The van der Waals surface area contributed by atoms with Crippen LogP contribution in [0, 0.1) is 33.5 Å². The Morgan fingerprint density at radius 1 is 1.12 bits per heavy atom. The molecular weight excluding hydrogens is 446 g/mol. The van der Waals surface area contributed by atoms with E-state index in [0.717, 1.165) is 42.7 Å². The van der Waals surface area contributed by atoms with Crippen LogP contribution in [0.5, 0.6) is 0 Å². The highest BCUT2D eigenvalue weighted by Crippen LogP contribution is 2.73. The fourth-order valence-corrected chi connectivity index (χ4v) is 9.23. The SMILES string of the molecule is CCOC(=O)[C@]1(C)CCC[C@@]2(C)[C@@H]3CC[C@@]4(C)C[C@]3(CC[C@@H]21)C/C4=N\OCc1cccc(Cl)c1. The fraction of sp³-hybridized carbons (Fsp3) is 0.724. The lowest BCUT2D eigenvalue weighted by atomic mass is 9.40. The minimum Gasteiger partial charge on any atom is -0.466 e. The highest BCUT2D eigenvalue weighted by atomic mass is 35.5. The molecule has 5 rings (SSSR count). The summed E-state index contributed by atoms with van der Waals surface area (Å²) in [5.41, 5.74) is 2.57. The fourth-order valence-electron chi connectivity index (χ4n) is 9.02. The monoisotopic (exact) mass is 485 g/mol. The van der Waals surface area contributed by atoms with E-state index in [1.165, 1.54) is 31.4 Å². The first-order chi connectivity index (χ1) is 16.2. The first-order valence-corrected chi connectivity index (χ1v) is 13.6. The molecule has 0 N–H and O–H groups in total. The Hall–Kier alpha value is -1.55. The standard InChI is InChI=1S/C29H40ClNO3/c1-5-33-25(32)28(4)13-7-12-27(3)22(28)11-15-29-17-24(26(2,19-29)14-10-23(27)29)31-34-18-20-8-6-9-21(30)16-20/h6,8-9,16,22-23H,5,7,10-15,17-19H2,1-4H3/b31-24+/t22-,23-,26-,27+,28+,29-/m0/s1. The number of hydrogen-bond acceptors (Lipinski definition) is 4. The van der Waals surface area contributed by atoms with Gasteiger partial charge < -0.3 is 9.57 Å². The number of oxime groups is 1. The molecule has 0 radical (unpaired) electrons. The van der Waals surface area contributed by atoms with Gasteiger partial charge in [-0.2, -0.15) is 0 Å². The minimum atomic E-state index is -0.346. The summed E-state index contributed by atoms with van der Waals surface area (Å²) in [6.07, 6.45) is 10.3. The average molecular weight is 486 g/mol. The van der Waals surface area contributed by atoms with Crippen molar-refractivity contribution < 1.29 is 14.4 Å². The van der Waals surface area contributed by atoms with E-state index in [9.17, 15) is 4.79 Å². The molecule has 4 aliphatic rings. The van der Waals surface area contributed by atoms with Crippen molar-refractivity contribution in [2.24, 2.45) is 38.7 Å². The number of fused-ring (bicyclic) bond motifs is 3. The Balaban J connectivity index is 1.38. The quantitative estimate of drug-likeness (QED) is 0.319. The molecular formula is C29H40ClNO3. The molecule has 2 bridgehead atoms. The second-order valence-electron chi connectivity index (χ2n) is 12.4. The predicted octanol–water partition coefficient (Wildman–Crippen LogP) is 7.58. The molecule has 0 aromatic heterocycles. The number of carbonyl (C=O) groups excluding carboxylic acids is 1. The maximum atomic E-state index is 13.1. The number of carbonyl (C=O) groups is 1. The molecule has 1 aromatic carbocycles. The lowest BCUT2D eigenvalue weighted by Gasteiger charge is -2.64. The largest absolute Gasteiger partial charge is 0.466 e. The highest BCUT2D eigenvalue weighted by Gasteiger charge is 2.67. The number of rotatable bonds is 5. The molecule has 4 fully saturated rings. The molecule has 0 amide bonds. The summed E-state index contributed by atoms with van der Waals surface area (Å²) in [6.45, 7) is 9.95. The predicted molar refractivity (Wildman–Crippen MR) is 136 cm³/mol. The summed E-state index contributed by atoms with van der Waals surface area (Å²) >= 11 is 6.13. The molecule has 0 unspecified atom stereocenters. The van der Waals surface area contributed by atoms with Gasteiger partial charge in [-0.15, -0.1) is 0 Å². The summed E-state index contributed by atoms with van der Waals surface area (Å²) < 4.78 is 5.61. The van der Waals surface area contributed by atoms with Crippen molar-refractivity contribution in [2.45, 2.75) is 92.1 Å². The lowest BCUT2D eigenvalue weighted by molar-refractivity contribution is -0.187. The van der Waals surface area contributed by atoms with Crippen LogP contribution in [0.3, 0.4) is 0 Å². The van der Waals surface area contributed by atoms with Crippen LogP contribution in [-0.2, 0) is 21.0 Å². The number of nitrogens with zero attached hydrogens (tertiary/aromatic N) is 1. The Morgan fingerprint density at radius 3 is 2.68 bits per heavy atom. The lowest BCUT2D eigenvalue weighted by Crippen LogP contribution is -2.58. The summed E-state index contributed by atoms with van der Waals surface area (Å²) in [5.74, 6) is 1.08. The van der Waals surface area contributed by atoms with Gasteiger partial charge in [0.25, 0.3) is 0 Å². The van der Waals surface area contributed by atoms with Gasteiger partial charge in [0.2, 0.25) is 0 Å². The van der Waals surface area contributed by atoms with E-state index in [2.05, 4.69) is 20.8 Å². The van der Waals surface area contributed by atoms with Crippen LogP contribution in [0.15, 0.2) is 29.4 Å². The second-order valence-corrected chi connectivity index (χ2v) is 12.8. The first kappa shape index (κ1) is 24.2. The number of benzene rings is 1. The Morgan fingerprint density at radius 2 is 1.91 bits per heavy atom. The smallest absolute Gasteiger partial charge is 0.312 e. The molecule has 34 heavy (non-hydrogen) atoms. The van der Waals surface area contributed by atoms with Crippen LogP contribution in [-0.4, -0.2) is 18.3 Å². The van der Waals surface area contributed by atoms with Gasteiger partial charge in [-0.05, 0) is 106 Å². The van der Waals surface area contributed by atoms with E-state index >= 15 is 0 Å². The van der Waals surface area contributed by atoms with Crippen LogP contribution in [0.2, 0.25) is 5.02 Å². The van der Waals surface area contributed by atoms with Gasteiger partial charge in [-0.3, -0.25) is 4.79 Å². The van der Waals surface area contributed by atoms with Crippen LogP contribution < -0.4 is 0 Å². The van der Waals surface area contributed by atoms with Crippen molar-refractivity contribution in [2.75, 3.05) is 6.61 Å². The van der Waals surface area contributed by atoms with Crippen molar-refractivity contribution in [1.29, 1.82) is 0 Å². The van der Waals surface area contributed by atoms with E-state index in [4.69, 9.17) is 26.3 Å². The summed E-state index contributed by atoms with van der Waals surface area (Å²) in [5, 5.41) is 5.48. The Bertz CT molecular complexity index is 993. The summed E-state index contributed by atoms with van der Waals surface area (Å²) in [7, 11) is 0. The van der Waals surface area contributed by atoms with Crippen LogP contribution in [0.25, 0.3) is 0 Å². The molecule has 4 nitrogen and oxygen atoms in total. The minimum absolute atomic E-state index is 0.0330. The third kappa shape index (κ3) is 3.70. The van der Waals surface area contributed by atoms with Crippen LogP contribution in [0.1, 0.15) is 91.0 Å². The van der Waals surface area contributed by atoms with Gasteiger partial charge in [-0.1, -0.05) is 49.2 Å². The molecule has 186 valence electrons. The molecule has 1 aromatic rings. The van der Waals surface area contributed by atoms with Gasteiger partial charge >= 0.3 is 5.97 Å². The van der Waals surface area contributed by atoms with Gasteiger partial charge in [0.15, 0.2) is 0 Å². The van der Waals surface area contributed by atoms with E-state index in [0.29, 0.717) is 30.5 Å². The summed E-state index contributed by atoms with van der Waals surface area (Å²) in [6, 6.07) is 7.81. The molecule has 0 saturated heterocycles. The maximum absolute atomic E-state index is 13.1. The summed E-state index contributed by atoms with van der Waals surface area (Å²) in [4.78, 5) is 19.0. The Labute approximate surface area is 209 Å². The number of esters is 1. The molecule has 0 aliphatic heterocycles. The van der Waals surface area contributed by atoms with Crippen molar-refractivity contribution in [3.05, 3.63) is 34.9 Å². The molecule has 4 aliphatic carbocycles. The van der Waals surface area contributed by atoms with Crippen LogP contribution >= 0.6 is 11.6 Å². The second kappa shape index (κ2) is 8.54. The van der Waals surface area contributed by atoms with Gasteiger partial charge in [-0.25, -0.2) is 0 Å². The molecule has 4 saturated carbocycles. The molecule has 6 atom stereocenters. The molecule has 5 heteroatoms. The third-order valence-electron chi connectivity index (χ3n) is 10.4. The van der Waals surface area contributed by atoms with E-state index in [1.807, 2.05) is 31.2 Å². The van der Waals surface area contributed by atoms with Crippen molar-refractivity contribution >= 4 is 23.3 Å². The normalized spacial score (nSPS) is 42.1. The van der Waals surface area contributed by atoms with Crippen molar-refractivity contribution in [3.63, 3.8) is 0 Å². The van der Waals surface area contributed by atoms with E-state index in [-0.39, 0.29) is 22.2 Å². The first-order valence-electron chi connectivity index (χ1n) is 13.3. The highest BCUT2D eigenvalue weighted by molar-refractivity contribution is 6.30. The number of hydrogen-bond donors (Lipinski definition) is 0. The third-order valence-corrected chi connectivity index (χ3v) is 10.7. The van der Waals surface area contributed by atoms with Gasteiger partial charge in [0.1, 0.15) is 6.61 Å². The number of ether oxygens (including phenoxy) is 1. The zero-order chi connectivity index (χ0) is 24.2. The topological polar surface area (TPSA) is 47.9 Å². The molecule has 0 heterocycles. The zero-order valence-electron chi connectivity index (χ0n) is 21.3. The average Bonchev–Trinajstić information content (AvgIpc) is 2.98. The van der Waals surface area contributed by atoms with E-state index < -0.39 is 0 Å². The maximum Gasteiger partial charge on any atom is 0.312 e. The van der Waals surface area contributed by atoms with Gasteiger partial charge in [0, 0.05) is 10.4 Å². The Kier molecular flexibility index (Phi) is 6.06. The number of halogens is 1. The zero-order valence-corrected chi connectivity index (χ0v) is 22.0. The molecule has 1 spiro atoms. The van der Waals surface area contributed by atoms with Crippen molar-refractivity contribution in [1.82, 2.24) is 0 Å². The van der Waals surface area contributed by atoms with E-state index in [1.54, 1.807) is 0 Å².